The van der Waals surface area contributed by atoms with Crippen molar-refractivity contribution in [3.8, 4) is 57.3 Å². The molecule has 0 radical (unpaired) electrons. The summed E-state index contributed by atoms with van der Waals surface area (Å²) in [6, 6.07) is 27.7. The van der Waals surface area contributed by atoms with Crippen molar-refractivity contribution in [3.05, 3.63) is 165 Å². The van der Waals surface area contributed by atoms with Crippen molar-refractivity contribution in [2.45, 2.75) is 0 Å². The molecular weight excluding hydrogens is 809 g/mol. The molecule has 0 unspecified atom stereocenters. The molecule has 0 saturated heterocycles. The lowest BCUT2D eigenvalue weighted by atomic mass is 9.97. The minimum absolute atomic E-state index is 0.633. The van der Waals surface area contributed by atoms with Gasteiger partial charge >= 0.3 is 0 Å². The molecule has 2 N–H and O–H groups in total. The Bertz CT molecular complexity index is 3190. The van der Waals surface area contributed by atoms with Gasteiger partial charge in [0.25, 0.3) is 0 Å². The summed E-state index contributed by atoms with van der Waals surface area (Å²) in [6.07, 6.45) is 8.18. The predicted molar refractivity (Wildman–Crippen MR) is 248 cm³/mol. The molecular formula is C52H44N4O8. The molecule has 1 aliphatic carbocycles. The number of aromatic nitrogens is 2. The van der Waals surface area contributed by atoms with Gasteiger partial charge in [0.15, 0.2) is 0 Å². The number of nitrogens with zero attached hydrogens (tertiary/aromatic N) is 2. The minimum Gasteiger partial charge on any atom is -0.497 e. The van der Waals surface area contributed by atoms with Crippen LogP contribution in [0, 0.1) is 0 Å². The van der Waals surface area contributed by atoms with Crippen LogP contribution >= 0.6 is 0 Å². The van der Waals surface area contributed by atoms with Gasteiger partial charge in [-0.15, -0.1) is 0 Å². The van der Waals surface area contributed by atoms with Crippen molar-refractivity contribution >= 4 is 33.7 Å². The maximum Gasteiger partial charge on any atom is 0.132 e. The molecule has 8 bridgehead atoms. The van der Waals surface area contributed by atoms with Gasteiger partial charge < -0.3 is 47.9 Å². The van der Waals surface area contributed by atoms with E-state index in [2.05, 4.69) is 34.2 Å². The van der Waals surface area contributed by atoms with Crippen LogP contribution in [0.25, 0.3) is 33.5 Å². The first-order valence-electron chi connectivity index (χ1n) is 20.5. The maximum atomic E-state index is 6.09. The number of allylic oxidation sites excluding steroid dienone is 4. The van der Waals surface area contributed by atoms with Gasteiger partial charge in [-0.2, -0.15) is 0 Å². The molecule has 4 aromatic carbocycles. The maximum absolute atomic E-state index is 6.09. The normalized spacial score (nSPS) is 14.4. The highest BCUT2D eigenvalue weighted by molar-refractivity contribution is 6.32. The SMILES string of the molecule is COc1cc(OC)cc(C2=C3C=CC(=N3)C(c3cc(OC)cc(OC)c3)=c3ccc([nH]3)=C(c3cc(OC)cc(OC)c3)C3=NC(=C4c5cc2[nH]c5-c2c(OC)cc(OC)cc24)C=C3)c1. The summed E-state index contributed by atoms with van der Waals surface area (Å²) in [5, 5.41) is 1.61. The highest BCUT2D eigenvalue weighted by Gasteiger charge is 2.34. The second kappa shape index (κ2) is 16.0. The molecule has 0 fully saturated rings. The van der Waals surface area contributed by atoms with Crippen LogP contribution in [0.5, 0.6) is 46.0 Å². The standard InChI is InChI=1S/C52H44N4O8/c1-57-30-15-27(16-31(21-30)58-2)47-39-9-10-40(53-39)48(28-17-32(59-3)22-33(18-28)60-4)42-13-14-44(55-42)50-37-24-36(63-7)25-46(64-8)51(37)52-38(50)26-45(56-52)49(43-12-11-41(47)54-43)29-19-34(61-5)23-35(20-29)62-6/h9-26,53,56H,1-8H3. The lowest BCUT2D eigenvalue weighted by molar-refractivity contribution is 0.394. The third-order valence-electron chi connectivity index (χ3n) is 11.9. The predicted octanol–water partition coefficient (Wildman–Crippen LogP) is 8.04. The molecule has 12 heteroatoms. The molecule has 0 atom stereocenters. The van der Waals surface area contributed by atoms with Gasteiger partial charge in [0.1, 0.15) is 46.0 Å². The molecule has 5 heterocycles. The van der Waals surface area contributed by atoms with Gasteiger partial charge in [0.05, 0.1) is 85.4 Å². The summed E-state index contributed by atoms with van der Waals surface area (Å²) in [6.45, 7) is 0. The Morgan fingerprint density at radius 2 is 0.797 bits per heavy atom. The third-order valence-corrected chi connectivity index (χ3v) is 11.9. The third kappa shape index (κ3) is 6.62. The molecule has 4 aliphatic rings. The zero-order chi connectivity index (χ0) is 44.2. The molecule has 320 valence electrons. The molecule has 0 saturated carbocycles. The van der Waals surface area contributed by atoms with Crippen LogP contribution in [0.3, 0.4) is 0 Å². The summed E-state index contributed by atoms with van der Waals surface area (Å²) in [5.41, 5.74) is 13.2. The Hall–Kier alpha value is -8.12. The van der Waals surface area contributed by atoms with E-state index in [0.29, 0.717) is 57.4 Å². The molecule has 64 heavy (non-hydrogen) atoms. The number of nitrogens with one attached hydrogen (secondary N) is 2. The molecule has 0 amide bonds. The van der Waals surface area contributed by atoms with E-state index < -0.39 is 0 Å². The number of H-pyrrole nitrogens is 2. The fraction of sp³-hybridized carbons (Fsp3) is 0.154. The number of aliphatic imine (C=N–C) groups is 2. The van der Waals surface area contributed by atoms with E-state index in [9.17, 15) is 0 Å². The number of fused-ring (bicyclic) bond motifs is 8. The summed E-state index contributed by atoms with van der Waals surface area (Å²) < 4.78 is 46.7. The van der Waals surface area contributed by atoms with Crippen LogP contribution in [0.2, 0.25) is 0 Å². The molecule has 2 aromatic heterocycles. The second-order valence-corrected chi connectivity index (χ2v) is 15.2. The van der Waals surface area contributed by atoms with Gasteiger partial charge in [0, 0.05) is 79.6 Å². The second-order valence-electron chi connectivity index (χ2n) is 15.2. The summed E-state index contributed by atoms with van der Waals surface area (Å²) in [7, 11) is 13.2. The number of benzene rings is 4. The molecule has 0 spiro atoms. The van der Waals surface area contributed by atoms with Gasteiger partial charge in [-0.25, -0.2) is 9.98 Å². The summed E-state index contributed by atoms with van der Waals surface area (Å²) in [5.74, 6) is 5.13. The van der Waals surface area contributed by atoms with Gasteiger partial charge in [0.2, 0.25) is 0 Å². The zero-order valence-corrected chi connectivity index (χ0v) is 36.6. The first kappa shape index (κ1) is 40.0. The molecule has 6 aromatic rings. The van der Waals surface area contributed by atoms with Crippen molar-refractivity contribution in [2.24, 2.45) is 9.98 Å². The number of ether oxygens (including phenoxy) is 8. The Labute approximate surface area is 369 Å². The van der Waals surface area contributed by atoms with E-state index in [-0.39, 0.29) is 0 Å². The van der Waals surface area contributed by atoms with E-state index in [4.69, 9.17) is 47.9 Å². The quantitative estimate of drug-likeness (QED) is 0.134. The van der Waals surface area contributed by atoms with Crippen molar-refractivity contribution < 1.29 is 37.9 Å². The number of methoxy groups -OCH3 is 8. The Balaban J connectivity index is 1.38. The number of hydrogen-bond acceptors (Lipinski definition) is 10. The van der Waals surface area contributed by atoms with Crippen molar-refractivity contribution in [1.82, 2.24) is 9.97 Å². The van der Waals surface area contributed by atoms with E-state index in [0.717, 1.165) is 89.2 Å². The largest absolute Gasteiger partial charge is 0.497 e. The fourth-order valence-electron chi connectivity index (χ4n) is 8.88. The van der Waals surface area contributed by atoms with Crippen LogP contribution in [0.1, 0.15) is 33.5 Å². The van der Waals surface area contributed by atoms with Crippen LogP contribution in [0.4, 0.5) is 0 Å². The molecule has 12 nitrogen and oxygen atoms in total. The fourth-order valence-corrected chi connectivity index (χ4v) is 8.88. The van der Waals surface area contributed by atoms with E-state index in [1.54, 1.807) is 56.9 Å². The van der Waals surface area contributed by atoms with Crippen LogP contribution in [0.15, 0.2) is 131 Å². The minimum atomic E-state index is 0.633. The van der Waals surface area contributed by atoms with Crippen LogP contribution in [-0.2, 0) is 0 Å². The lowest BCUT2D eigenvalue weighted by Crippen LogP contribution is -2.21. The number of rotatable bonds is 11. The first-order valence-corrected chi connectivity index (χ1v) is 20.5. The highest BCUT2D eigenvalue weighted by Crippen LogP contribution is 2.53. The van der Waals surface area contributed by atoms with Gasteiger partial charge in [-0.1, -0.05) is 0 Å². The van der Waals surface area contributed by atoms with E-state index in [1.807, 2.05) is 85.0 Å². The van der Waals surface area contributed by atoms with Crippen molar-refractivity contribution in [1.29, 1.82) is 0 Å². The molecule has 10 rings (SSSR count). The number of hydrogen-bond donors (Lipinski definition) is 2. The summed E-state index contributed by atoms with van der Waals surface area (Å²) >= 11 is 0. The van der Waals surface area contributed by atoms with Gasteiger partial charge in [-0.05, 0) is 102 Å². The summed E-state index contributed by atoms with van der Waals surface area (Å²) in [4.78, 5) is 18.6. The average Bonchev–Trinajstić information content (AvgIpc) is 4.20. The highest BCUT2D eigenvalue weighted by atomic mass is 16.5. The topological polar surface area (TPSA) is 130 Å². The first-order chi connectivity index (χ1) is 31.3. The monoisotopic (exact) mass is 852 g/mol. The number of aromatic amines is 2. The van der Waals surface area contributed by atoms with Crippen molar-refractivity contribution in [2.75, 3.05) is 56.9 Å². The Morgan fingerprint density at radius 1 is 0.375 bits per heavy atom. The smallest absolute Gasteiger partial charge is 0.132 e. The Kier molecular flexibility index (Phi) is 9.98. The van der Waals surface area contributed by atoms with Crippen molar-refractivity contribution in [3.63, 3.8) is 0 Å². The Morgan fingerprint density at radius 3 is 1.23 bits per heavy atom. The molecule has 3 aliphatic heterocycles. The van der Waals surface area contributed by atoms with Crippen LogP contribution < -0.4 is 48.6 Å². The van der Waals surface area contributed by atoms with E-state index >= 15 is 0 Å². The zero-order valence-electron chi connectivity index (χ0n) is 36.6. The lowest BCUT2D eigenvalue weighted by Gasteiger charge is -2.15. The van der Waals surface area contributed by atoms with Crippen LogP contribution in [-0.4, -0.2) is 78.3 Å². The van der Waals surface area contributed by atoms with E-state index in [1.165, 1.54) is 0 Å². The van der Waals surface area contributed by atoms with Gasteiger partial charge in [-0.3, -0.25) is 0 Å². The average molecular weight is 853 g/mol.